The van der Waals surface area contributed by atoms with Crippen molar-refractivity contribution < 1.29 is 22.7 Å². The van der Waals surface area contributed by atoms with E-state index in [0.717, 1.165) is 28.0 Å². The zero-order chi connectivity index (χ0) is 27.8. The van der Waals surface area contributed by atoms with E-state index in [9.17, 15) is 13.2 Å². The topological polar surface area (TPSA) is 84.9 Å². The van der Waals surface area contributed by atoms with Gasteiger partial charge in [0, 0.05) is 5.02 Å². The molecule has 1 amide bonds. The Morgan fingerprint density at radius 1 is 1.05 bits per heavy atom. The third kappa shape index (κ3) is 5.47. The van der Waals surface area contributed by atoms with Crippen LogP contribution in [0.5, 0.6) is 11.5 Å². The maximum absolute atomic E-state index is 13.7. The molecule has 0 aromatic heterocycles. The van der Waals surface area contributed by atoms with Gasteiger partial charge in [0.2, 0.25) is 0 Å². The largest absolute Gasteiger partial charge is 0.496 e. The first-order valence-electron chi connectivity index (χ1n) is 12.5. The number of ether oxygens (including phenoxy) is 2. The van der Waals surface area contributed by atoms with E-state index in [-0.39, 0.29) is 29.1 Å². The number of fused-ring (bicyclic) bond motifs is 1. The molecule has 0 aliphatic carbocycles. The van der Waals surface area contributed by atoms with Gasteiger partial charge in [-0.05, 0) is 85.8 Å². The molecule has 0 unspecified atom stereocenters. The van der Waals surface area contributed by atoms with Crippen molar-refractivity contribution in [2.24, 2.45) is 0 Å². The Morgan fingerprint density at radius 3 is 2.37 bits per heavy atom. The molecule has 0 radical (unpaired) electrons. The summed E-state index contributed by atoms with van der Waals surface area (Å²) < 4.78 is 40.1. The molecule has 4 rings (SSSR count). The first kappa shape index (κ1) is 27.8. The SMILES string of the molecule is COc1cc(C)c([C@@H](C)NC(=O)[C@@H]2CN(S(=O)(=O)c3ccc(C)cc3)c3cc(Cl)ccc3O2)cc1C(C)C. The van der Waals surface area contributed by atoms with Gasteiger partial charge in [-0.3, -0.25) is 9.10 Å². The fourth-order valence-corrected chi connectivity index (χ4v) is 6.25. The Morgan fingerprint density at radius 2 is 1.74 bits per heavy atom. The molecular weight excluding hydrogens is 524 g/mol. The molecule has 1 aliphatic heterocycles. The molecule has 0 spiro atoms. The summed E-state index contributed by atoms with van der Waals surface area (Å²) in [6.45, 7) is 9.73. The third-order valence-electron chi connectivity index (χ3n) is 6.76. The number of anilines is 1. The van der Waals surface area contributed by atoms with Gasteiger partial charge in [-0.1, -0.05) is 43.1 Å². The van der Waals surface area contributed by atoms with Crippen molar-refractivity contribution in [3.8, 4) is 11.5 Å². The predicted molar refractivity (Wildman–Crippen MR) is 150 cm³/mol. The van der Waals surface area contributed by atoms with Crippen LogP contribution in [0.4, 0.5) is 5.69 Å². The Labute approximate surface area is 229 Å². The van der Waals surface area contributed by atoms with Crippen LogP contribution in [-0.2, 0) is 14.8 Å². The lowest BCUT2D eigenvalue weighted by molar-refractivity contribution is -0.128. The van der Waals surface area contributed by atoms with E-state index in [1.807, 2.05) is 26.8 Å². The molecule has 0 fully saturated rings. The number of nitrogens with one attached hydrogen (secondary N) is 1. The zero-order valence-corrected chi connectivity index (χ0v) is 24.0. The minimum Gasteiger partial charge on any atom is -0.496 e. The van der Waals surface area contributed by atoms with Crippen LogP contribution in [0.15, 0.2) is 59.5 Å². The Kier molecular flexibility index (Phi) is 7.95. The van der Waals surface area contributed by atoms with Crippen LogP contribution in [-0.4, -0.2) is 34.1 Å². The van der Waals surface area contributed by atoms with Crippen molar-refractivity contribution in [2.45, 2.75) is 57.6 Å². The van der Waals surface area contributed by atoms with Gasteiger partial charge in [-0.2, -0.15) is 0 Å². The van der Waals surface area contributed by atoms with Crippen LogP contribution >= 0.6 is 11.6 Å². The van der Waals surface area contributed by atoms with Crippen molar-refractivity contribution in [3.05, 3.63) is 81.9 Å². The molecule has 3 aromatic carbocycles. The van der Waals surface area contributed by atoms with E-state index >= 15 is 0 Å². The lowest BCUT2D eigenvalue weighted by Gasteiger charge is -2.35. The maximum Gasteiger partial charge on any atom is 0.264 e. The normalized spacial score (nSPS) is 16.0. The second-order valence-corrected chi connectivity index (χ2v) is 12.2. The highest BCUT2D eigenvalue weighted by Gasteiger charge is 2.38. The van der Waals surface area contributed by atoms with Crippen LogP contribution in [0, 0.1) is 13.8 Å². The van der Waals surface area contributed by atoms with Crippen molar-refractivity contribution in [3.63, 3.8) is 0 Å². The monoisotopic (exact) mass is 556 g/mol. The predicted octanol–water partition coefficient (Wildman–Crippen LogP) is 5.92. The number of hydrogen-bond acceptors (Lipinski definition) is 5. The highest BCUT2D eigenvalue weighted by Crippen LogP contribution is 2.39. The van der Waals surface area contributed by atoms with Crippen molar-refractivity contribution in [1.29, 1.82) is 0 Å². The number of carbonyl (C=O) groups is 1. The fourth-order valence-electron chi connectivity index (χ4n) is 4.62. The Hall–Kier alpha value is -3.23. The number of halogens is 1. The lowest BCUT2D eigenvalue weighted by Crippen LogP contribution is -2.51. The van der Waals surface area contributed by atoms with E-state index < -0.39 is 22.0 Å². The number of sulfonamides is 1. The summed E-state index contributed by atoms with van der Waals surface area (Å²) in [4.78, 5) is 13.6. The number of amides is 1. The number of aryl methyl sites for hydroxylation is 2. The fraction of sp³-hybridized carbons (Fsp3) is 0.345. The van der Waals surface area contributed by atoms with E-state index in [2.05, 4.69) is 25.2 Å². The molecule has 1 heterocycles. The second-order valence-electron chi connectivity index (χ2n) is 9.90. The molecular formula is C29H33ClN2O5S. The van der Waals surface area contributed by atoms with Gasteiger partial charge in [0.15, 0.2) is 6.10 Å². The standard InChI is InChI=1S/C29H33ClN2O5S/c1-17(2)23-15-24(19(4)13-27(23)36-6)20(5)31-29(33)28-16-32(25-14-21(30)9-12-26(25)37-28)38(34,35)22-10-7-18(3)8-11-22/h7-15,17,20,28H,16H2,1-6H3,(H,31,33)/t20-,28+/m1/s1. The second kappa shape index (κ2) is 10.9. The van der Waals surface area contributed by atoms with Gasteiger partial charge in [0.1, 0.15) is 11.5 Å². The Balaban J connectivity index is 1.64. The summed E-state index contributed by atoms with van der Waals surface area (Å²) in [7, 11) is -2.34. The summed E-state index contributed by atoms with van der Waals surface area (Å²) >= 11 is 6.20. The maximum atomic E-state index is 13.7. The molecule has 38 heavy (non-hydrogen) atoms. The van der Waals surface area contributed by atoms with E-state index in [1.54, 1.807) is 43.5 Å². The molecule has 9 heteroatoms. The van der Waals surface area contributed by atoms with Crippen LogP contribution < -0.4 is 19.1 Å². The molecule has 0 bridgehead atoms. The van der Waals surface area contributed by atoms with Gasteiger partial charge in [0.25, 0.3) is 15.9 Å². The van der Waals surface area contributed by atoms with Gasteiger partial charge >= 0.3 is 0 Å². The molecule has 2 atom stereocenters. The minimum atomic E-state index is -3.98. The van der Waals surface area contributed by atoms with Gasteiger partial charge in [-0.25, -0.2) is 8.42 Å². The Bertz CT molecular complexity index is 1450. The lowest BCUT2D eigenvalue weighted by atomic mass is 9.93. The third-order valence-corrected chi connectivity index (χ3v) is 8.79. The van der Waals surface area contributed by atoms with Gasteiger partial charge in [0.05, 0.1) is 30.3 Å². The first-order valence-corrected chi connectivity index (χ1v) is 14.3. The van der Waals surface area contributed by atoms with Crippen LogP contribution in [0.3, 0.4) is 0 Å². The summed E-state index contributed by atoms with van der Waals surface area (Å²) in [5, 5.41) is 3.38. The number of rotatable bonds is 7. The summed E-state index contributed by atoms with van der Waals surface area (Å²) in [6.07, 6.45) is -1.06. The number of methoxy groups -OCH3 is 1. The smallest absolute Gasteiger partial charge is 0.264 e. The van der Waals surface area contributed by atoms with E-state index in [4.69, 9.17) is 21.1 Å². The molecule has 1 aliphatic rings. The molecule has 0 saturated carbocycles. The van der Waals surface area contributed by atoms with Gasteiger partial charge < -0.3 is 14.8 Å². The number of nitrogens with zero attached hydrogens (tertiary/aromatic N) is 1. The zero-order valence-electron chi connectivity index (χ0n) is 22.4. The highest BCUT2D eigenvalue weighted by atomic mass is 35.5. The van der Waals surface area contributed by atoms with Crippen molar-refractivity contribution in [2.75, 3.05) is 18.0 Å². The van der Waals surface area contributed by atoms with Crippen LogP contribution in [0.1, 0.15) is 55.0 Å². The minimum absolute atomic E-state index is 0.124. The van der Waals surface area contributed by atoms with Crippen molar-refractivity contribution in [1.82, 2.24) is 5.32 Å². The van der Waals surface area contributed by atoms with Crippen molar-refractivity contribution >= 4 is 33.2 Å². The summed E-state index contributed by atoms with van der Waals surface area (Å²) in [6, 6.07) is 15.0. The first-order chi connectivity index (χ1) is 17.9. The quantitative estimate of drug-likeness (QED) is 0.390. The van der Waals surface area contributed by atoms with Crippen LogP contribution in [0.25, 0.3) is 0 Å². The highest BCUT2D eigenvalue weighted by molar-refractivity contribution is 7.92. The van der Waals surface area contributed by atoms with Gasteiger partial charge in [-0.15, -0.1) is 0 Å². The molecule has 202 valence electrons. The number of hydrogen-bond donors (Lipinski definition) is 1. The number of benzene rings is 3. The van der Waals surface area contributed by atoms with E-state index in [0.29, 0.717) is 10.7 Å². The summed E-state index contributed by atoms with van der Waals surface area (Å²) in [5.74, 6) is 0.899. The molecule has 0 saturated heterocycles. The molecule has 1 N–H and O–H groups in total. The number of carbonyl (C=O) groups excluding carboxylic acids is 1. The van der Waals surface area contributed by atoms with E-state index in [1.165, 1.54) is 10.4 Å². The summed E-state index contributed by atoms with van der Waals surface area (Å²) in [5.41, 5.74) is 4.21. The molecule has 3 aromatic rings. The average Bonchev–Trinajstić information content (AvgIpc) is 2.87. The van der Waals surface area contributed by atoms with Crippen LogP contribution in [0.2, 0.25) is 5.02 Å². The average molecular weight is 557 g/mol. The molecule has 7 nitrogen and oxygen atoms in total.